The van der Waals surface area contributed by atoms with E-state index >= 15 is 0 Å². The fraction of sp³-hybridized carbons (Fsp3) is 0.303. The summed E-state index contributed by atoms with van der Waals surface area (Å²) in [6, 6.07) is 14.2. The Labute approximate surface area is 279 Å². The number of furan rings is 1. The molecule has 256 valence electrons. The Morgan fingerprint density at radius 3 is 2.45 bits per heavy atom. The standard InChI is InChI=1S/C33H34F3N9O4/c1-21-29-39-28(26-9-6-18-49-26)41-45(29)32(37)40-30(21)44(38-2)27(24-7-4-5-8-25(24)33(34,35)36)31(46)43-16-14-42(15-17-43)22-10-12-23(13-11-22)48-20-19-47-3/h4-13,18,27H,2,14-17,19-20H2,1,3H3,(H2,37,40). The molecule has 6 rings (SSSR count). The number of nitrogens with zero attached hydrogens (tertiary/aromatic N) is 8. The maximum Gasteiger partial charge on any atom is 0.416 e. The van der Waals surface area contributed by atoms with Crippen LogP contribution in [0.15, 0.2) is 76.4 Å². The number of hydrogen-bond donors (Lipinski definition) is 1. The number of ether oxygens (including phenoxy) is 2. The van der Waals surface area contributed by atoms with Crippen molar-refractivity contribution in [1.29, 1.82) is 0 Å². The van der Waals surface area contributed by atoms with Gasteiger partial charge in [-0.2, -0.15) is 27.8 Å². The maximum absolute atomic E-state index is 14.5. The molecule has 0 spiro atoms. The lowest BCUT2D eigenvalue weighted by molar-refractivity contribution is -0.139. The molecule has 0 bridgehead atoms. The van der Waals surface area contributed by atoms with E-state index in [0.29, 0.717) is 43.4 Å². The van der Waals surface area contributed by atoms with Crippen molar-refractivity contribution in [2.24, 2.45) is 5.10 Å². The summed E-state index contributed by atoms with van der Waals surface area (Å²) >= 11 is 0. The minimum absolute atomic E-state index is 0.000154. The van der Waals surface area contributed by atoms with Crippen LogP contribution in [0.1, 0.15) is 22.7 Å². The van der Waals surface area contributed by atoms with E-state index in [1.165, 1.54) is 33.9 Å². The van der Waals surface area contributed by atoms with Crippen molar-refractivity contribution in [1.82, 2.24) is 24.5 Å². The number of carbonyl (C=O) groups is 1. The van der Waals surface area contributed by atoms with Crippen molar-refractivity contribution in [2.45, 2.75) is 19.1 Å². The van der Waals surface area contributed by atoms with Crippen molar-refractivity contribution in [3.63, 3.8) is 0 Å². The summed E-state index contributed by atoms with van der Waals surface area (Å²) in [5, 5.41) is 9.53. The number of halogens is 3. The van der Waals surface area contributed by atoms with E-state index < -0.39 is 23.7 Å². The molecule has 5 aromatic rings. The van der Waals surface area contributed by atoms with Crippen LogP contribution < -0.4 is 20.4 Å². The highest BCUT2D eigenvalue weighted by atomic mass is 19.4. The van der Waals surface area contributed by atoms with Gasteiger partial charge in [-0.05, 0) is 55.0 Å². The molecule has 3 aromatic heterocycles. The lowest BCUT2D eigenvalue weighted by Crippen LogP contribution is -2.52. The number of amides is 1. The first-order chi connectivity index (χ1) is 23.6. The number of aryl methyl sites for hydroxylation is 1. The molecule has 2 N–H and O–H groups in total. The van der Waals surface area contributed by atoms with Gasteiger partial charge in [-0.1, -0.05) is 18.2 Å². The van der Waals surface area contributed by atoms with E-state index in [4.69, 9.17) is 19.6 Å². The second-order valence-corrected chi connectivity index (χ2v) is 11.2. The topological polar surface area (TPSA) is 140 Å². The van der Waals surface area contributed by atoms with Crippen LogP contribution in [-0.2, 0) is 15.7 Å². The minimum atomic E-state index is -4.77. The average molecular weight is 678 g/mol. The van der Waals surface area contributed by atoms with Gasteiger partial charge in [-0.25, -0.2) is 9.99 Å². The number of hydrazone groups is 1. The van der Waals surface area contributed by atoms with Crippen LogP contribution in [0.5, 0.6) is 5.75 Å². The molecule has 16 heteroatoms. The van der Waals surface area contributed by atoms with Crippen LogP contribution in [0.25, 0.3) is 17.2 Å². The first-order valence-electron chi connectivity index (χ1n) is 15.3. The van der Waals surface area contributed by atoms with E-state index in [0.717, 1.165) is 16.8 Å². The number of nitrogen functional groups attached to an aromatic ring is 1. The number of fused-ring (bicyclic) bond motifs is 1. The molecule has 49 heavy (non-hydrogen) atoms. The number of methoxy groups -OCH3 is 1. The molecule has 1 aliphatic heterocycles. The summed E-state index contributed by atoms with van der Waals surface area (Å²) in [5.41, 5.74) is 6.52. The molecule has 0 saturated carbocycles. The molecule has 1 saturated heterocycles. The van der Waals surface area contributed by atoms with Gasteiger partial charge in [0, 0.05) is 51.3 Å². The third-order valence-corrected chi connectivity index (χ3v) is 8.22. The van der Waals surface area contributed by atoms with Crippen molar-refractivity contribution >= 4 is 35.7 Å². The molecule has 1 amide bonds. The molecule has 0 aliphatic carbocycles. The highest BCUT2D eigenvalue weighted by Crippen LogP contribution is 2.40. The zero-order chi connectivity index (χ0) is 34.7. The molecule has 2 aromatic carbocycles. The van der Waals surface area contributed by atoms with Gasteiger partial charge in [0.05, 0.1) is 18.4 Å². The van der Waals surface area contributed by atoms with Crippen molar-refractivity contribution in [2.75, 3.05) is 62.1 Å². The molecule has 13 nitrogen and oxygen atoms in total. The second-order valence-electron chi connectivity index (χ2n) is 11.2. The Morgan fingerprint density at radius 1 is 1.06 bits per heavy atom. The molecule has 1 fully saturated rings. The third kappa shape index (κ3) is 6.72. The highest BCUT2D eigenvalue weighted by Gasteiger charge is 2.42. The van der Waals surface area contributed by atoms with E-state index in [2.05, 4.69) is 31.8 Å². The summed E-state index contributed by atoms with van der Waals surface area (Å²) in [5.74, 6) is 0.555. The van der Waals surface area contributed by atoms with Gasteiger partial charge in [0.1, 0.15) is 12.4 Å². The highest BCUT2D eigenvalue weighted by molar-refractivity contribution is 5.88. The normalized spacial score (nSPS) is 14.2. The van der Waals surface area contributed by atoms with Gasteiger partial charge in [-0.3, -0.25) is 4.79 Å². The third-order valence-electron chi connectivity index (χ3n) is 8.22. The van der Waals surface area contributed by atoms with Crippen LogP contribution in [0, 0.1) is 6.92 Å². The zero-order valence-electron chi connectivity index (χ0n) is 26.8. The first kappa shape index (κ1) is 33.3. The van der Waals surface area contributed by atoms with E-state index in [1.807, 2.05) is 24.3 Å². The molecule has 4 heterocycles. The molecule has 0 radical (unpaired) electrons. The van der Waals surface area contributed by atoms with Crippen molar-refractivity contribution in [3.8, 4) is 17.3 Å². The number of alkyl halides is 3. The van der Waals surface area contributed by atoms with Gasteiger partial charge in [0.2, 0.25) is 11.8 Å². The minimum Gasteiger partial charge on any atom is -0.491 e. The van der Waals surface area contributed by atoms with Gasteiger partial charge < -0.3 is 29.4 Å². The lowest BCUT2D eigenvalue weighted by Gasteiger charge is -2.39. The quantitative estimate of drug-likeness (QED) is 0.117. The largest absolute Gasteiger partial charge is 0.491 e. The number of nitrogens with two attached hydrogens (primary N) is 1. The number of hydrogen-bond acceptors (Lipinski definition) is 11. The summed E-state index contributed by atoms with van der Waals surface area (Å²) in [7, 11) is 1.60. The van der Waals surface area contributed by atoms with Crippen LogP contribution in [0.2, 0.25) is 0 Å². The van der Waals surface area contributed by atoms with E-state index in [1.54, 1.807) is 26.2 Å². The van der Waals surface area contributed by atoms with Crippen LogP contribution >= 0.6 is 0 Å². The summed E-state index contributed by atoms with van der Waals surface area (Å²) in [4.78, 5) is 27.0. The number of benzene rings is 2. The number of anilines is 3. The Morgan fingerprint density at radius 2 is 1.80 bits per heavy atom. The smallest absolute Gasteiger partial charge is 0.416 e. The zero-order valence-corrected chi connectivity index (χ0v) is 26.8. The van der Waals surface area contributed by atoms with Gasteiger partial charge in [0.25, 0.3) is 5.91 Å². The predicted octanol–water partition coefficient (Wildman–Crippen LogP) is 4.83. The lowest BCUT2D eigenvalue weighted by atomic mass is 9.97. The Bertz CT molecular complexity index is 1920. The predicted molar refractivity (Wildman–Crippen MR) is 176 cm³/mol. The fourth-order valence-corrected chi connectivity index (χ4v) is 5.78. The second kappa shape index (κ2) is 13.8. The number of carbonyl (C=O) groups excluding carboxylic acids is 1. The molecule has 1 unspecified atom stereocenters. The van der Waals surface area contributed by atoms with E-state index in [-0.39, 0.29) is 41.9 Å². The SMILES string of the molecule is C=NN(c1nc(N)n2nc(-c3ccco3)nc2c1C)C(C(=O)N1CCN(c2ccc(OCCOC)cc2)CC1)c1ccccc1C(F)(F)F. The van der Waals surface area contributed by atoms with Gasteiger partial charge >= 0.3 is 6.18 Å². The Hall–Kier alpha value is -5.64. The van der Waals surface area contributed by atoms with Crippen LogP contribution in [-0.4, -0.2) is 83.6 Å². The van der Waals surface area contributed by atoms with Gasteiger partial charge in [-0.15, -0.1) is 5.10 Å². The number of aromatic nitrogens is 4. The summed E-state index contributed by atoms with van der Waals surface area (Å²) in [6.07, 6.45) is -3.30. The first-order valence-corrected chi connectivity index (χ1v) is 15.3. The van der Waals surface area contributed by atoms with Crippen LogP contribution in [0.3, 0.4) is 0 Å². The monoisotopic (exact) mass is 677 g/mol. The van der Waals surface area contributed by atoms with E-state index in [9.17, 15) is 18.0 Å². The summed E-state index contributed by atoms with van der Waals surface area (Å²) < 4.78 is 60.7. The number of rotatable bonds is 11. The Balaban J connectivity index is 1.33. The van der Waals surface area contributed by atoms with Gasteiger partial charge in [0.15, 0.2) is 23.3 Å². The number of piperazine rings is 1. The molecule has 1 aliphatic rings. The Kier molecular flexibility index (Phi) is 9.40. The molecule has 1 atom stereocenters. The summed E-state index contributed by atoms with van der Waals surface area (Å²) in [6.45, 7) is 7.54. The average Bonchev–Trinajstić information content (AvgIpc) is 3.81. The van der Waals surface area contributed by atoms with Crippen molar-refractivity contribution in [3.05, 3.63) is 83.6 Å². The molecular formula is C33H34F3N9O4. The fourth-order valence-electron chi connectivity index (χ4n) is 5.78. The van der Waals surface area contributed by atoms with Crippen molar-refractivity contribution < 1.29 is 31.9 Å². The molecular weight excluding hydrogens is 643 g/mol. The van der Waals surface area contributed by atoms with Crippen LogP contribution in [0.4, 0.5) is 30.6 Å². The maximum atomic E-state index is 14.5.